The molecule has 3 heteroatoms. The molecule has 17 heavy (non-hydrogen) atoms. The van der Waals surface area contributed by atoms with Gasteiger partial charge in [-0.25, -0.2) is 0 Å². The van der Waals surface area contributed by atoms with Crippen LogP contribution in [0.5, 0.6) is 11.5 Å². The maximum absolute atomic E-state index is 5.77. The highest BCUT2D eigenvalue weighted by Crippen LogP contribution is 2.40. The molecule has 3 nitrogen and oxygen atoms in total. The van der Waals surface area contributed by atoms with Gasteiger partial charge in [0, 0.05) is 12.0 Å². The molecule has 0 aromatic heterocycles. The Bertz CT molecular complexity index is 403. The molecular formula is C14H21NO2. The van der Waals surface area contributed by atoms with Gasteiger partial charge in [0.25, 0.3) is 0 Å². The zero-order valence-corrected chi connectivity index (χ0v) is 10.8. The average molecular weight is 235 g/mol. The van der Waals surface area contributed by atoms with E-state index in [2.05, 4.69) is 26.0 Å². The monoisotopic (exact) mass is 235 g/mol. The number of hydrogen-bond donors (Lipinski definition) is 1. The predicted molar refractivity (Wildman–Crippen MR) is 68.9 cm³/mol. The van der Waals surface area contributed by atoms with E-state index < -0.39 is 0 Å². The number of fused-ring (bicyclic) bond motifs is 1. The minimum Gasteiger partial charge on any atom is -0.493 e. The fraction of sp³-hybridized carbons (Fsp3) is 0.571. The Hall–Kier alpha value is -1.22. The third-order valence-corrected chi connectivity index (χ3v) is 3.37. The quantitative estimate of drug-likeness (QED) is 0.872. The molecular weight excluding hydrogens is 214 g/mol. The van der Waals surface area contributed by atoms with E-state index in [1.165, 1.54) is 11.1 Å². The molecule has 1 aromatic carbocycles. The molecule has 1 aliphatic heterocycles. The summed E-state index contributed by atoms with van der Waals surface area (Å²) in [6, 6.07) is 4.32. The van der Waals surface area contributed by atoms with E-state index >= 15 is 0 Å². The normalized spacial score (nSPS) is 19.6. The van der Waals surface area contributed by atoms with Crippen LogP contribution in [0.2, 0.25) is 0 Å². The Labute approximate surface area is 103 Å². The maximum atomic E-state index is 5.77. The van der Waals surface area contributed by atoms with Gasteiger partial charge in [0.1, 0.15) is 6.10 Å². The highest BCUT2D eigenvalue weighted by molar-refractivity contribution is 5.52. The Morgan fingerprint density at radius 1 is 1.53 bits per heavy atom. The number of rotatable bonds is 4. The lowest BCUT2D eigenvalue weighted by molar-refractivity contribution is 0.243. The lowest BCUT2D eigenvalue weighted by atomic mass is 9.94. The fourth-order valence-electron chi connectivity index (χ4n) is 2.37. The summed E-state index contributed by atoms with van der Waals surface area (Å²) in [5, 5.41) is 0. The van der Waals surface area contributed by atoms with Crippen LogP contribution in [-0.4, -0.2) is 19.8 Å². The second-order valence-corrected chi connectivity index (χ2v) is 4.82. The molecule has 0 fully saturated rings. The number of nitrogens with two attached hydrogens (primary N) is 1. The van der Waals surface area contributed by atoms with Gasteiger partial charge in [0.2, 0.25) is 0 Å². The molecule has 2 atom stereocenters. The Morgan fingerprint density at radius 2 is 2.29 bits per heavy atom. The van der Waals surface area contributed by atoms with E-state index in [-0.39, 0.29) is 6.10 Å². The summed E-state index contributed by atoms with van der Waals surface area (Å²) in [6.45, 7) is 5.00. The van der Waals surface area contributed by atoms with Crippen molar-refractivity contribution in [2.75, 3.05) is 13.7 Å². The highest BCUT2D eigenvalue weighted by atomic mass is 16.5. The minimum atomic E-state index is 0.249. The zero-order valence-electron chi connectivity index (χ0n) is 10.8. The highest BCUT2D eigenvalue weighted by Gasteiger charge is 2.24. The summed E-state index contributed by atoms with van der Waals surface area (Å²) >= 11 is 0. The minimum absolute atomic E-state index is 0.249. The van der Waals surface area contributed by atoms with Crippen LogP contribution >= 0.6 is 0 Å². The van der Waals surface area contributed by atoms with Gasteiger partial charge in [0.05, 0.1) is 7.11 Å². The largest absolute Gasteiger partial charge is 0.493 e. The first-order chi connectivity index (χ1) is 8.15. The van der Waals surface area contributed by atoms with E-state index in [1.807, 2.05) is 0 Å². The summed E-state index contributed by atoms with van der Waals surface area (Å²) in [4.78, 5) is 0. The molecule has 0 amide bonds. The smallest absolute Gasteiger partial charge is 0.164 e. The van der Waals surface area contributed by atoms with Crippen molar-refractivity contribution in [2.24, 2.45) is 5.73 Å². The Morgan fingerprint density at radius 3 is 2.94 bits per heavy atom. The molecule has 0 bridgehead atoms. The first kappa shape index (κ1) is 12.2. The molecule has 0 saturated carbocycles. The van der Waals surface area contributed by atoms with Gasteiger partial charge in [-0.3, -0.25) is 0 Å². The van der Waals surface area contributed by atoms with E-state index in [4.69, 9.17) is 15.2 Å². The van der Waals surface area contributed by atoms with Gasteiger partial charge in [-0.15, -0.1) is 0 Å². The standard InChI is InChI=1S/C14H21NO2/c1-9(4-5-15)11-7-12-6-10(2)17-14(12)13(8-11)16-3/h7-10H,4-6,15H2,1-3H3. The topological polar surface area (TPSA) is 44.5 Å². The zero-order chi connectivity index (χ0) is 12.4. The third kappa shape index (κ3) is 2.39. The third-order valence-electron chi connectivity index (χ3n) is 3.37. The van der Waals surface area contributed by atoms with Crippen molar-refractivity contribution in [3.63, 3.8) is 0 Å². The molecule has 0 spiro atoms. The van der Waals surface area contributed by atoms with E-state index in [9.17, 15) is 0 Å². The van der Waals surface area contributed by atoms with Crippen LogP contribution in [-0.2, 0) is 6.42 Å². The van der Waals surface area contributed by atoms with Gasteiger partial charge < -0.3 is 15.2 Å². The summed E-state index contributed by atoms with van der Waals surface area (Å²) < 4.78 is 11.2. The second kappa shape index (κ2) is 4.96. The van der Waals surface area contributed by atoms with Crippen molar-refractivity contribution in [1.82, 2.24) is 0 Å². The van der Waals surface area contributed by atoms with Gasteiger partial charge in [-0.2, -0.15) is 0 Å². The Kier molecular flexibility index (Phi) is 3.57. The molecule has 0 aliphatic carbocycles. The number of hydrogen-bond acceptors (Lipinski definition) is 3. The molecule has 0 radical (unpaired) electrons. The van der Waals surface area contributed by atoms with E-state index in [0.29, 0.717) is 12.5 Å². The van der Waals surface area contributed by atoms with Gasteiger partial charge in [0.15, 0.2) is 11.5 Å². The van der Waals surface area contributed by atoms with Crippen molar-refractivity contribution in [3.05, 3.63) is 23.3 Å². The van der Waals surface area contributed by atoms with Crippen molar-refractivity contribution in [3.8, 4) is 11.5 Å². The van der Waals surface area contributed by atoms with Crippen LogP contribution in [0.4, 0.5) is 0 Å². The van der Waals surface area contributed by atoms with Gasteiger partial charge in [-0.05, 0) is 37.4 Å². The van der Waals surface area contributed by atoms with Crippen LogP contribution in [0.25, 0.3) is 0 Å². The summed E-state index contributed by atoms with van der Waals surface area (Å²) in [5.41, 5.74) is 8.17. The lowest BCUT2D eigenvalue weighted by Crippen LogP contribution is -2.05. The van der Waals surface area contributed by atoms with Crippen molar-refractivity contribution < 1.29 is 9.47 Å². The molecule has 2 N–H and O–H groups in total. The molecule has 94 valence electrons. The number of methoxy groups -OCH3 is 1. The van der Waals surface area contributed by atoms with Crippen molar-refractivity contribution >= 4 is 0 Å². The summed E-state index contributed by atoms with van der Waals surface area (Å²) in [7, 11) is 1.69. The first-order valence-corrected chi connectivity index (χ1v) is 6.23. The van der Waals surface area contributed by atoms with Crippen LogP contribution in [0.3, 0.4) is 0 Å². The van der Waals surface area contributed by atoms with Crippen LogP contribution < -0.4 is 15.2 Å². The number of benzene rings is 1. The van der Waals surface area contributed by atoms with Crippen LogP contribution in [0, 0.1) is 0 Å². The van der Waals surface area contributed by atoms with Gasteiger partial charge >= 0.3 is 0 Å². The van der Waals surface area contributed by atoms with Gasteiger partial charge in [-0.1, -0.05) is 13.0 Å². The average Bonchev–Trinajstić information content (AvgIpc) is 2.68. The SMILES string of the molecule is COc1cc(C(C)CCN)cc2c1OC(C)C2. The molecule has 1 aromatic rings. The Balaban J connectivity index is 2.35. The van der Waals surface area contributed by atoms with Crippen LogP contribution in [0.1, 0.15) is 37.3 Å². The first-order valence-electron chi connectivity index (χ1n) is 6.23. The fourth-order valence-corrected chi connectivity index (χ4v) is 2.37. The molecule has 2 unspecified atom stereocenters. The van der Waals surface area contributed by atoms with E-state index in [1.54, 1.807) is 7.11 Å². The lowest BCUT2D eigenvalue weighted by Gasteiger charge is -2.14. The molecule has 0 saturated heterocycles. The second-order valence-electron chi connectivity index (χ2n) is 4.82. The molecule has 1 aliphatic rings. The maximum Gasteiger partial charge on any atom is 0.164 e. The molecule has 1 heterocycles. The number of ether oxygens (including phenoxy) is 2. The van der Waals surface area contributed by atoms with E-state index in [0.717, 1.165) is 24.3 Å². The summed E-state index contributed by atoms with van der Waals surface area (Å²) in [5.74, 6) is 2.24. The predicted octanol–water partition coefficient (Wildman–Crippen LogP) is 2.47. The molecule has 2 rings (SSSR count). The van der Waals surface area contributed by atoms with Crippen LogP contribution in [0.15, 0.2) is 12.1 Å². The van der Waals surface area contributed by atoms with Crippen molar-refractivity contribution in [1.29, 1.82) is 0 Å². The summed E-state index contributed by atoms with van der Waals surface area (Å²) in [6.07, 6.45) is 2.21. The van der Waals surface area contributed by atoms with Crippen molar-refractivity contribution in [2.45, 2.75) is 38.7 Å².